The van der Waals surface area contributed by atoms with Gasteiger partial charge < -0.3 is 5.32 Å². The van der Waals surface area contributed by atoms with Crippen molar-refractivity contribution in [3.63, 3.8) is 0 Å². The Balaban J connectivity index is 1.51. The summed E-state index contributed by atoms with van der Waals surface area (Å²) in [6.07, 6.45) is 3.68. The van der Waals surface area contributed by atoms with E-state index in [0.29, 0.717) is 5.92 Å². The van der Waals surface area contributed by atoms with Crippen LogP contribution in [0.2, 0.25) is 0 Å². The molecule has 4 heteroatoms. The number of rotatable bonds is 5. The maximum absolute atomic E-state index is 11.3. The van der Waals surface area contributed by atoms with Crippen LogP contribution in [0.25, 0.3) is 0 Å². The first-order valence-corrected chi connectivity index (χ1v) is 9.03. The third-order valence-corrected chi connectivity index (χ3v) is 5.37. The van der Waals surface area contributed by atoms with Crippen molar-refractivity contribution >= 4 is 23.5 Å². The maximum Gasteiger partial charge on any atom is 0.247 e. The first-order valence-electron chi connectivity index (χ1n) is 8.26. The van der Waals surface area contributed by atoms with Gasteiger partial charge in [-0.3, -0.25) is 4.79 Å². The molecular formula is C20H22N2OS. The van der Waals surface area contributed by atoms with E-state index in [0.717, 1.165) is 18.8 Å². The topological polar surface area (TPSA) is 32.3 Å². The van der Waals surface area contributed by atoms with Crippen LogP contribution in [0.5, 0.6) is 0 Å². The van der Waals surface area contributed by atoms with Crippen molar-refractivity contribution in [2.75, 3.05) is 18.4 Å². The summed E-state index contributed by atoms with van der Waals surface area (Å²) >= 11 is 1.80. The fourth-order valence-electron chi connectivity index (χ4n) is 2.95. The largest absolute Gasteiger partial charge is 0.323 e. The Morgan fingerprint density at radius 1 is 1.08 bits per heavy atom. The van der Waals surface area contributed by atoms with Crippen LogP contribution in [0, 0.1) is 0 Å². The van der Waals surface area contributed by atoms with Gasteiger partial charge in [0.25, 0.3) is 0 Å². The van der Waals surface area contributed by atoms with Gasteiger partial charge in [0, 0.05) is 23.7 Å². The van der Waals surface area contributed by atoms with Gasteiger partial charge in [-0.05, 0) is 66.6 Å². The average Bonchev–Trinajstić information content (AvgIpc) is 2.64. The van der Waals surface area contributed by atoms with Crippen molar-refractivity contribution in [2.45, 2.75) is 23.7 Å². The van der Waals surface area contributed by atoms with Crippen molar-refractivity contribution < 1.29 is 4.79 Å². The minimum absolute atomic E-state index is 0.182. The van der Waals surface area contributed by atoms with Gasteiger partial charge in [-0.1, -0.05) is 36.9 Å². The monoisotopic (exact) mass is 338 g/mol. The standard InChI is InChI=1S/C20H22N2OS/c1-2-20(23)21-18-8-10-19(11-9-18)24-22-14-12-17(13-15-22)16-6-4-3-5-7-16/h2-11,17H,1,12-15H2,(H,21,23). The second-order valence-electron chi connectivity index (χ2n) is 5.92. The summed E-state index contributed by atoms with van der Waals surface area (Å²) in [5, 5.41) is 2.77. The van der Waals surface area contributed by atoms with Gasteiger partial charge in [-0.25, -0.2) is 4.31 Å². The molecule has 1 aliphatic heterocycles. The van der Waals surface area contributed by atoms with Crippen molar-refractivity contribution in [2.24, 2.45) is 0 Å². The molecule has 0 radical (unpaired) electrons. The second-order valence-corrected chi connectivity index (χ2v) is 7.09. The number of benzene rings is 2. The van der Waals surface area contributed by atoms with E-state index in [1.165, 1.54) is 29.4 Å². The fourth-order valence-corrected chi connectivity index (χ4v) is 3.90. The molecule has 0 aliphatic carbocycles. The number of piperidine rings is 1. The van der Waals surface area contributed by atoms with Crippen LogP contribution in [-0.2, 0) is 4.79 Å². The molecule has 3 rings (SSSR count). The lowest BCUT2D eigenvalue weighted by atomic mass is 9.90. The lowest BCUT2D eigenvalue weighted by Crippen LogP contribution is -2.27. The number of amides is 1. The quantitative estimate of drug-likeness (QED) is 0.633. The Hall–Kier alpha value is -2.04. The van der Waals surface area contributed by atoms with Gasteiger partial charge in [0.15, 0.2) is 0 Å². The summed E-state index contributed by atoms with van der Waals surface area (Å²) < 4.78 is 2.43. The van der Waals surface area contributed by atoms with E-state index >= 15 is 0 Å². The molecule has 0 bridgehead atoms. The molecule has 124 valence electrons. The minimum atomic E-state index is -0.182. The molecule has 2 aromatic carbocycles. The van der Waals surface area contributed by atoms with Gasteiger partial charge >= 0.3 is 0 Å². The summed E-state index contributed by atoms with van der Waals surface area (Å²) in [7, 11) is 0. The molecule has 1 aliphatic rings. The van der Waals surface area contributed by atoms with E-state index in [9.17, 15) is 4.79 Å². The van der Waals surface area contributed by atoms with Gasteiger partial charge in [0.1, 0.15) is 0 Å². The van der Waals surface area contributed by atoms with Gasteiger partial charge in [-0.2, -0.15) is 0 Å². The van der Waals surface area contributed by atoms with E-state index in [-0.39, 0.29) is 5.91 Å². The van der Waals surface area contributed by atoms with Gasteiger partial charge in [0.2, 0.25) is 5.91 Å². The Kier molecular flexibility index (Phi) is 5.72. The molecule has 2 aromatic rings. The van der Waals surface area contributed by atoms with Crippen molar-refractivity contribution in [1.29, 1.82) is 0 Å². The first-order chi connectivity index (χ1) is 11.7. The molecule has 0 unspecified atom stereocenters. The molecule has 1 heterocycles. The minimum Gasteiger partial charge on any atom is -0.323 e. The van der Waals surface area contributed by atoms with Crippen molar-refractivity contribution in [1.82, 2.24) is 4.31 Å². The Labute approximate surface area is 147 Å². The zero-order valence-electron chi connectivity index (χ0n) is 13.7. The molecule has 3 nitrogen and oxygen atoms in total. The molecule has 0 spiro atoms. The van der Waals surface area contributed by atoms with Crippen molar-refractivity contribution in [3.8, 4) is 0 Å². The number of hydrogen-bond donors (Lipinski definition) is 1. The van der Waals surface area contributed by atoms with E-state index in [2.05, 4.69) is 46.5 Å². The zero-order chi connectivity index (χ0) is 16.8. The lowest BCUT2D eigenvalue weighted by molar-refractivity contribution is -0.111. The van der Waals surface area contributed by atoms with Crippen molar-refractivity contribution in [3.05, 3.63) is 72.8 Å². The smallest absolute Gasteiger partial charge is 0.247 e. The van der Waals surface area contributed by atoms with Crippen LogP contribution in [0.3, 0.4) is 0 Å². The molecule has 1 amide bonds. The normalized spacial score (nSPS) is 15.8. The zero-order valence-corrected chi connectivity index (χ0v) is 14.5. The predicted molar refractivity (Wildman–Crippen MR) is 101 cm³/mol. The van der Waals surface area contributed by atoms with E-state index in [4.69, 9.17) is 0 Å². The third kappa shape index (κ3) is 4.49. The number of nitrogens with zero attached hydrogens (tertiary/aromatic N) is 1. The molecule has 1 N–H and O–H groups in total. The van der Waals surface area contributed by atoms with E-state index < -0.39 is 0 Å². The number of nitrogens with one attached hydrogen (secondary N) is 1. The van der Waals surface area contributed by atoms with E-state index in [1.807, 2.05) is 24.3 Å². The first kappa shape index (κ1) is 16.8. The SMILES string of the molecule is C=CC(=O)Nc1ccc(SN2CCC(c3ccccc3)CC2)cc1. The highest BCUT2D eigenvalue weighted by molar-refractivity contribution is 7.97. The Bertz CT molecular complexity index is 677. The molecule has 0 atom stereocenters. The summed E-state index contributed by atoms with van der Waals surface area (Å²) in [6, 6.07) is 18.8. The van der Waals surface area contributed by atoms with Crippen LogP contribution in [0.15, 0.2) is 72.1 Å². The van der Waals surface area contributed by atoms with E-state index in [1.54, 1.807) is 11.9 Å². The van der Waals surface area contributed by atoms with Gasteiger partial charge in [0.05, 0.1) is 0 Å². The van der Waals surface area contributed by atoms with Crippen LogP contribution in [0.4, 0.5) is 5.69 Å². The molecule has 1 saturated heterocycles. The summed E-state index contributed by atoms with van der Waals surface area (Å²) in [5.74, 6) is 0.498. The van der Waals surface area contributed by atoms with Crippen LogP contribution in [0.1, 0.15) is 24.3 Å². The highest BCUT2D eigenvalue weighted by Crippen LogP contribution is 2.33. The third-order valence-electron chi connectivity index (χ3n) is 4.27. The number of carbonyl (C=O) groups is 1. The Morgan fingerprint density at radius 3 is 2.38 bits per heavy atom. The van der Waals surface area contributed by atoms with Crippen LogP contribution >= 0.6 is 11.9 Å². The van der Waals surface area contributed by atoms with Crippen LogP contribution < -0.4 is 5.32 Å². The number of anilines is 1. The summed E-state index contributed by atoms with van der Waals surface area (Å²) in [6.45, 7) is 5.65. The molecule has 0 aromatic heterocycles. The fraction of sp³-hybridized carbons (Fsp3) is 0.250. The average molecular weight is 338 g/mol. The second kappa shape index (κ2) is 8.18. The Morgan fingerprint density at radius 2 is 1.75 bits per heavy atom. The summed E-state index contributed by atoms with van der Waals surface area (Å²) in [4.78, 5) is 12.5. The maximum atomic E-state index is 11.3. The van der Waals surface area contributed by atoms with Gasteiger partial charge in [-0.15, -0.1) is 0 Å². The van der Waals surface area contributed by atoms with Crippen LogP contribution in [-0.4, -0.2) is 23.3 Å². The summed E-state index contributed by atoms with van der Waals surface area (Å²) in [5.41, 5.74) is 2.26. The predicted octanol–water partition coefficient (Wildman–Crippen LogP) is 4.70. The number of hydrogen-bond acceptors (Lipinski definition) is 3. The molecule has 24 heavy (non-hydrogen) atoms. The molecule has 1 fully saturated rings. The highest BCUT2D eigenvalue weighted by atomic mass is 32.2. The molecular weight excluding hydrogens is 316 g/mol. The number of carbonyl (C=O) groups excluding carboxylic acids is 1. The lowest BCUT2D eigenvalue weighted by Gasteiger charge is -2.31. The highest BCUT2D eigenvalue weighted by Gasteiger charge is 2.21. The molecule has 0 saturated carbocycles.